The van der Waals surface area contributed by atoms with Gasteiger partial charge in [0.1, 0.15) is 17.6 Å². The number of hydrogen-bond donors (Lipinski definition) is 1. The van der Waals surface area contributed by atoms with Gasteiger partial charge in [0, 0.05) is 24.4 Å². The molecule has 0 unspecified atom stereocenters. The van der Waals surface area contributed by atoms with Crippen molar-refractivity contribution in [2.75, 3.05) is 19.5 Å². The van der Waals surface area contributed by atoms with Crippen LogP contribution in [0.2, 0.25) is 0 Å². The highest BCUT2D eigenvalue weighted by Crippen LogP contribution is 2.37. The molecule has 0 saturated heterocycles. The van der Waals surface area contributed by atoms with Crippen LogP contribution >= 0.6 is 11.3 Å². The zero-order valence-corrected chi connectivity index (χ0v) is 16.7. The lowest BCUT2D eigenvalue weighted by Gasteiger charge is -2.34. The highest BCUT2D eigenvalue weighted by atomic mass is 32.1. The third kappa shape index (κ3) is 5.19. The first kappa shape index (κ1) is 21.8. The first-order valence-electron chi connectivity index (χ1n) is 8.76. The van der Waals surface area contributed by atoms with Gasteiger partial charge < -0.3 is 14.8 Å². The molecule has 1 aromatic carbocycles. The SMILES string of the molecule is CON(C)C(=O)c1csc(NC(=O)C2CC(Oc3cc(F)ccc3OC(F)F)C2)n1. The molecule has 1 heterocycles. The van der Waals surface area contributed by atoms with Crippen LogP contribution in [0.4, 0.5) is 18.3 Å². The van der Waals surface area contributed by atoms with Crippen molar-refractivity contribution in [3.8, 4) is 11.5 Å². The molecule has 3 rings (SSSR count). The number of hydroxylamine groups is 2. The molecule has 2 amide bonds. The molecule has 1 N–H and O–H groups in total. The maximum Gasteiger partial charge on any atom is 0.387 e. The monoisotopic (exact) mass is 445 g/mol. The van der Waals surface area contributed by atoms with Gasteiger partial charge in [-0.3, -0.25) is 14.4 Å². The molecule has 0 bridgehead atoms. The number of alkyl halides is 2. The molecule has 30 heavy (non-hydrogen) atoms. The highest BCUT2D eigenvalue weighted by Gasteiger charge is 2.37. The number of thiazole rings is 1. The average molecular weight is 445 g/mol. The number of amides is 2. The van der Waals surface area contributed by atoms with Crippen LogP contribution in [0.3, 0.4) is 0 Å². The number of halogens is 3. The second-order valence-electron chi connectivity index (χ2n) is 6.39. The maximum absolute atomic E-state index is 13.4. The fourth-order valence-corrected chi connectivity index (χ4v) is 3.39. The predicted molar refractivity (Wildman–Crippen MR) is 100 cm³/mol. The van der Waals surface area contributed by atoms with Gasteiger partial charge in [0.2, 0.25) is 5.91 Å². The van der Waals surface area contributed by atoms with E-state index in [1.807, 2.05) is 0 Å². The van der Waals surface area contributed by atoms with Crippen molar-refractivity contribution in [1.29, 1.82) is 0 Å². The number of benzene rings is 1. The molecule has 0 spiro atoms. The summed E-state index contributed by atoms with van der Waals surface area (Å²) in [5.41, 5.74) is 0.132. The van der Waals surface area contributed by atoms with Gasteiger partial charge in [-0.2, -0.15) is 8.78 Å². The third-order valence-corrected chi connectivity index (χ3v) is 5.15. The summed E-state index contributed by atoms with van der Waals surface area (Å²) in [5.74, 6) is -2.25. The van der Waals surface area contributed by atoms with Crippen LogP contribution in [-0.2, 0) is 9.63 Å². The smallest absolute Gasteiger partial charge is 0.387 e. The Labute approximate surface area is 173 Å². The molecule has 8 nitrogen and oxygen atoms in total. The molecule has 1 saturated carbocycles. The fraction of sp³-hybridized carbons (Fsp3) is 0.389. The molecule has 0 radical (unpaired) electrons. The van der Waals surface area contributed by atoms with E-state index in [-0.39, 0.29) is 28.2 Å². The second kappa shape index (κ2) is 9.30. The van der Waals surface area contributed by atoms with Crippen molar-refractivity contribution in [1.82, 2.24) is 10.0 Å². The Morgan fingerprint density at radius 2 is 2.03 bits per heavy atom. The standard InChI is InChI=1S/C18H18F3N3O5S/c1-24(27-2)16(26)12-8-30-18(22-12)23-15(25)9-5-11(6-9)28-14-7-10(19)3-4-13(14)29-17(20)21/h3-4,7-9,11,17H,5-6H2,1-2H3,(H,22,23,25). The highest BCUT2D eigenvalue weighted by molar-refractivity contribution is 7.14. The Bertz CT molecular complexity index is 920. The van der Waals surface area contributed by atoms with E-state index in [2.05, 4.69) is 15.0 Å². The Hall–Kier alpha value is -2.86. The van der Waals surface area contributed by atoms with Crippen LogP contribution in [0.15, 0.2) is 23.6 Å². The van der Waals surface area contributed by atoms with E-state index in [1.54, 1.807) is 0 Å². The quantitative estimate of drug-likeness (QED) is 0.627. The minimum Gasteiger partial charge on any atom is -0.486 e. The van der Waals surface area contributed by atoms with Crippen molar-refractivity contribution >= 4 is 28.3 Å². The normalized spacial score (nSPS) is 17.9. The van der Waals surface area contributed by atoms with E-state index in [4.69, 9.17) is 9.57 Å². The molecule has 12 heteroatoms. The Kier molecular flexibility index (Phi) is 6.77. The summed E-state index contributed by atoms with van der Waals surface area (Å²) in [6.07, 6.45) is 0.159. The first-order valence-corrected chi connectivity index (χ1v) is 9.64. The number of nitrogens with one attached hydrogen (secondary N) is 1. The van der Waals surface area contributed by atoms with E-state index in [1.165, 1.54) is 19.5 Å². The molecule has 162 valence electrons. The third-order valence-electron chi connectivity index (χ3n) is 4.39. The number of aromatic nitrogens is 1. The summed E-state index contributed by atoms with van der Waals surface area (Å²) >= 11 is 1.09. The lowest BCUT2D eigenvalue weighted by Crippen LogP contribution is -2.40. The van der Waals surface area contributed by atoms with Crippen LogP contribution in [0, 0.1) is 11.7 Å². The van der Waals surface area contributed by atoms with Crippen molar-refractivity contribution < 1.29 is 37.1 Å². The van der Waals surface area contributed by atoms with Crippen LogP contribution < -0.4 is 14.8 Å². The molecule has 1 aliphatic rings. The lowest BCUT2D eigenvalue weighted by molar-refractivity contribution is -0.125. The van der Waals surface area contributed by atoms with Crippen molar-refractivity contribution in [3.63, 3.8) is 0 Å². The Morgan fingerprint density at radius 1 is 1.30 bits per heavy atom. The van der Waals surface area contributed by atoms with E-state index < -0.39 is 30.4 Å². The van der Waals surface area contributed by atoms with Gasteiger partial charge in [-0.15, -0.1) is 11.3 Å². The number of carbonyl (C=O) groups is 2. The van der Waals surface area contributed by atoms with Gasteiger partial charge in [0.25, 0.3) is 5.91 Å². The molecular weight excluding hydrogens is 427 g/mol. The summed E-state index contributed by atoms with van der Waals surface area (Å²) in [4.78, 5) is 33.1. The van der Waals surface area contributed by atoms with E-state index in [0.29, 0.717) is 12.8 Å². The van der Waals surface area contributed by atoms with Crippen molar-refractivity contribution in [3.05, 3.63) is 35.1 Å². The van der Waals surface area contributed by atoms with E-state index >= 15 is 0 Å². The molecule has 1 aromatic heterocycles. The van der Waals surface area contributed by atoms with Gasteiger partial charge in [-0.1, -0.05) is 0 Å². The molecule has 1 fully saturated rings. The molecular formula is C18H18F3N3O5S. The molecule has 1 aliphatic carbocycles. The minimum absolute atomic E-state index is 0.132. The van der Waals surface area contributed by atoms with Gasteiger partial charge in [0.05, 0.1) is 7.11 Å². The predicted octanol–water partition coefficient (Wildman–Crippen LogP) is 3.31. The summed E-state index contributed by atoms with van der Waals surface area (Å²) in [5, 5.41) is 5.39. The summed E-state index contributed by atoms with van der Waals surface area (Å²) in [6.45, 7) is -3.07. The summed E-state index contributed by atoms with van der Waals surface area (Å²) in [7, 11) is 2.78. The van der Waals surface area contributed by atoms with Gasteiger partial charge in [0.15, 0.2) is 16.6 Å². The Morgan fingerprint density at radius 3 is 2.70 bits per heavy atom. The summed E-state index contributed by atoms with van der Waals surface area (Å²) in [6, 6.07) is 3.00. The fourth-order valence-electron chi connectivity index (χ4n) is 2.70. The number of ether oxygens (including phenoxy) is 2. The van der Waals surface area contributed by atoms with E-state index in [0.717, 1.165) is 34.6 Å². The van der Waals surface area contributed by atoms with Crippen LogP contribution in [-0.4, -0.2) is 48.7 Å². The molecule has 0 atom stereocenters. The van der Waals surface area contributed by atoms with Crippen LogP contribution in [0.25, 0.3) is 0 Å². The topological polar surface area (TPSA) is 90.0 Å². The molecule has 2 aromatic rings. The zero-order valence-electron chi connectivity index (χ0n) is 15.9. The second-order valence-corrected chi connectivity index (χ2v) is 7.25. The zero-order chi connectivity index (χ0) is 21.8. The first-order chi connectivity index (χ1) is 14.3. The van der Waals surface area contributed by atoms with Crippen molar-refractivity contribution in [2.45, 2.75) is 25.6 Å². The molecule has 0 aliphatic heterocycles. The number of carbonyl (C=O) groups excluding carboxylic acids is 2. The van der Waals surface area contributed by atoms with E-state index in [9.17, 15) is 22.8 Å². The number of rotatable bonds is 8. The number of nitrogens with zero attached hydrogens (tertiary/aromatic N) is 2. The number of hydrogen-bond acceptors (Lipinski definition) is 7. The van der Waals surface area contributed by atoms with Crippen molar-refractivity contribution in [2.24, 2.45) is 5.92 Å². The van der Waals surface area contributed by atoms with Gasteiger partial charge in [-0.05, 0) is 25.0 Å². The maximum atomic E-state index is 13.4. The average Bonchev–Trinajstić information content (AvgIpc) is 3.12. The largest absolute Gasteiger partial charge is 0.486 e. The summed E-state index contributed by atoms with van der Waals surface area (Å²) < 4.78 is 48.2. The Balaban J connectivity index is 1.53. The van der Waals surface area contributed by atoms with Gasteiger partial charge >= 0.3 is 6.61 Å². The van der Waals surface area contributed by atoms with Crippen LogP contribution in [0.5, 0.6) is 11.5 Å². The lowest BCUT2D eigenvalue weighted by atomic mass is 9.81. The van der Waals surface area contributed by atoms with Gasteiger partial charge in [-0.25, -0.2) is 14.4 Å². The minimum atomic E-state index is -3.07. The number of anilines is 1. The van der Waals surface area contributed by atoms with Crippen LogP contribution in [0.1, 0.15) is 23.3 Å².